The highest BCUT2D eigenvalue weighted by molar-refractivity contribution is 7.09. The third-order valence-corrected chi connectivity index (χ3v) is 4.36. The number of hydrogen-bond donors (Lipinski definition) is 0. The average Bonchev–Trinajstić information content (AvgIpc) is 2.56. The van der Waals surface area contributed by atoms with Gasteiger partial charge in [0, 0.05) is 15.7 Å². The van der Waals surface area contributed by atoms with Crippen LogP contribution >= 0.6 is 11.3 Å². The van der Waals surface area contributed by atoms with Crippen LogP contribution in [0.2, 0.25) is 0 Å². The summed E-state index contributed by atoms with van der Waals surface area (Å²) in [4.78, 5) is 1.59. The Morgan fingerprint density at radius 1 is 1.54 bits per heavy atom. The van der Waals surface area contributed by atoms with Gasteiger partial charge in [0.05, 0.1) is 0 Å². The zero-order chi connectivity index (χ0) is 9.15. The monoisotopic (exact) mass is 193 g/mol. The fraction of sp³-hybridized carbons (Fsp3) is 0.667. The van der Waals surface area contributed by atoms with Crippen molar-refractivity contribution in [2.45, 2.75) is 50.9 Å². The second-order valence-electron chi connectivity index (χ2n) is 4.15. The minimum atomic E-state index is 0.584. The Hall–Kier alpha value is -0.300. The molecule has 0 saturated heterocycles. The number of hydrogen-bond acceptors (Lipinski definition) is 1. The SMILES string of the molecule is CCCCC1(c2cc[c]s2)CCC1. The van der Waals surface area contributed by atoms with Crippen LogP contribution in [0.3, 0.4) is 0 Å². The van der Waals surface area contributed by atoms with Crippen LogP contribution in [0, 0.1) is 5.38 Å². The second-order valence-corrected chi connectivity index (χ2v) is 5.03. The van der Waals surface area contributed by atoms with Crippen LogP contribution in [0.25, 0.3) is 0 Å². The van der Waals surface area contributed by atoms with Crippen molar-refractivity contribution in [3.8, 4) is 0 Å². The van der Waals surface area contributed by atoms with E-state index in [1.165, 1.54) is 38.5 Å². The lowest BCUT2D eigenvalue weighted by Crippen LogP contribution is -2.33. The lowest BCUT2D eigenvalue weighted by molar-refractivity contribution is 0.225. The highest BCUT2D eigenvalue weighted by Crippen LogP contribution is 2.48. The Bertz CT molecular complexity index is 244. The van der Waals surface area contributed by atoms with Crippen molar-refractivity contribution in [2.75, 3.05) is 0 Å². The van der Waals surface area contributed by atoms with E-state index >= 15 is 0 Å². The Labute approximate surface area is 85.0 Å². The molecule has 0 bridgehead atoms. The topological polar surface area (TPSA) is 0 Å². The van der Waals surface area contributed by atoms with Gasteiger partial charge in [-0.05, 0) is 31.4 Å². The summed E-state index contributed by atoms with van der Waals surface area (Å²) >= 11 is 1.83. The maximum absolute atomic E-state index is 3.22. The fourth-order valence-corrected chi connectivity index (χ4v) is 3.19. The number of thiophene rings is 1. The molecule has 0 amide bonds. The third-order valence-electron chi connectivity index (χ3n) is 3.31. The summed E-state index contributed by atoms with van der Waals surface area (Å²) in [6.07, 6.45) is 8.39. The highest BCUT2D eigenvalue weighted by atomic mass is 32.1. The Balaban J connectivity index is 2.07. The molecule has 0 unspecified atom stereocenters. The van der Waals surface area contributed by atoms with E-state index in [9.17, 15) is 0 Å². The van der Waals surface area contributed by atoms with Gasteiger partial charge in [-0.2, -0.15) is 0 Å². The molecule has 0 atom stereocenters. The van der Waals surface area contributed by atoms with Gasteiger partial charge < -0.3 is 0 Å². The summed E-state index contributed by atoms with van der Waals surface area (Å²) in [5.41, 5.74) is 0.584. The molecule has 71 valence electrons. The quantitative estimate of drug-likeness (QED) is 0.673. The highest BCUT2D eigenvalue weighted by Gasteiger charge is 2.38. The first kappa shape index (κ1) is 9.26. The van der Waals surface area contributed by atoms with Gasteiger partial charge in [0.1, 0.15) is 0 Å². The van der Waals surface area contributed by atoms with Crippen molar-refractivity contribution in [3.05, 3.63) is 22.4 Å². The van der Waals surface area contributed by atoms with E-state index < -0.39 is 0 Å². The summed E-state index contributed by atoms with van der Waals surface area (Å²) < 4.78 is 0. The van der Waals surface area contributed by atoms with Crippen molar-refractivity contribution in [1.29, 1.82) is 0 Å². The molecule has 0 nitrogen and oxygen atoms in total. The molecule has 13 heavy (non-hydrogen) atoms. The van der Waals surface area contributed by atoms with Crippen molar-refractivity contribution >= 4 is 11.3 Å². The summed E-state index contributed by atoms with van der Waals surface area (Å²) in [6, 6.07) is 4.35. The maximum atomic E-state index is 3.22. The Kier molecular flexibility index (Phi) is 2.73. The molecule has 0 aromatic carbocycles. The molecule has 0 N–H and O–H groups in total. The molecule has 1 fully saturated rings. The molecule has 1 saturated carbocycles. The van der Waals surface area contributed by atoms with Gasteiger partial charge in [0.25, 0.3) is 0 Å². The second kappa shape index (κ2) is 3.83. The Morgan fingerprint density at radius 3 is 2.85 bits per heavy atom. The molecule has 1 aliphatic carbocycles. The van der Waals surface area contributed by atoms with Gasteiger partial charge in [0.2, 0.25) is 0 Å². The molecule has 1 aliphatic rings. The summed E-state index contributed by atoms with van der Waals surface area (Å²) in [6.45, 7) is 2.28. The van der Waals surface area contributed by atoms with Crippen LogP contribution in [0.4, 0.5) is 0 Å². The summed E-state index contributed by atoms with van der Waals surface area (Å²) in [5, 5.41) is 3.22. The van der Waals surface area contributed by atoms with Crippen molar-refractivity contribution in [2.24, 2.45) is 0 Å². The predicted molar refractivity (Wildman–Crippen MR) is 58.2 cm³/mol. The summed E-state index contributed by atoms with van der Waals surface area (Å²) in [5.74, 6) is 0. The molecule has 2 rings (SSSR count). The van der Waals surface area contributed by atoms with E-state index in [2.05, 4.69) is 24.4 Å². The minimum Gasteiger partial charge on any atom is -0.139 e. The van der Waals surface area contributed by atoms with Gasteiger partial charge in [-0.25, -0.2) is 0 Å². The lowest BCUT2D eigenvalue weighted by atomic mass is 9.65. The van der Waals surface area contributed by atoms with Gasteiger partial charge in [-0.3, -0.25) is 0 Å². The van der Waals surface area contributed by atoms with Crippen molar-refractivity contribution in [3.63, 3.8) is 0 Å². The molecular formula is C12H17S. The molecular weight excluding hydrogens is 176 g/mol. The van der Waals surface area contributed by atoms with Crippen LogP contribution in [0.15, 0.2) is 12.1 Å². The lowest BCUT2D eigenvalue weighted by Gasteiger charge is -2.41. The van der Waals surface area contributed by atoms with Crippen LogP contribution < -0.4 is 0 Å². The number of unbranched alkanes of at least 4 members (excludes halogenated alkanes) is 1. The predicted octanol–water partition coefficient (Wildman–Crippen LogP) is 4.16. The first-order valence-corrected chi connectivity index (χ1v) is 6.15. The van der Waals surface area contributed by atoms with E-state index in [0.717, 1.165) is 0 Å². The molecule has 1 heteroatoms. The molecule has 1 heterocycles. The van der Waals surface area contributed by atoms with E-state index in [1.54, 1.807) is 4.88 Å². The molecule has 0 spiro atoms. The van der Waals surface area contributed by atoms with Gasteiger partial charge in [-0.15, -0.1) is 11.3 Å². The van der Waals surface area contributed by atoms with Crippen LogP contribution in [0.5, 0.6) is 0 Å². The molecule has 1 radical (unpaired) electrons. The largest absolute Gasteiger partial charge is 0.139 e. The van der Waals surface area contributed by atoms with E-state index in [0.29, 0.717) is 5.41 Å². The Morgan fingerprint density at radius 2 is 2.38 bits per heavy atom. The molecule has 0 aliphatic heterocycles. The maximum Gasteiger partial charge on any atom is 0.0445 e. The first-order valence-electron chi connectivity index (χ1n) is 5.34. The van der Waals surface area contributed by atoms with E-state index in [-0.39, 0.29) is 0 Å². The van der Waals surface area contributed by atoms with Crippen LogP contribution in [0.1, 0.15) is 50.3 Å². The summed E-state index contributed by atoms with van der Waals surface area (Å²) in [7, 11) is 0. The van der Waals surface area contributed by atoms with E-state index in [4.69, 9.17) is 0 Å². The average molecular weight is 193 g/mol. The van der Waals surface area contributed by atoms with Crippen molar-refractivity contribution < 1.29 is 0 Å². The van der Waals surface area contributed by atoms with Gasteiger partial charge in [0.15, 0.2) is 0 Å². The van der Waals surface area contributed by atoms with Crippen LogP contribution in [-0.4, -0.2) is 0 Å². The standard InChI is InChI=1S/C12H17S/c1-2-3-7-12(8-5-9-12)11-6-4-10-13-11/h4,6H,2-3,5,7-9H2,1H3. The smallest absolute Gasteiger partial charge is 0.0445 e. The molecule has 1 aromatic rings. The molecule has 1 aromatic heterocycles. The van der Waals surface area contributed by atoms with Gasteiger partial charge in [-0.1, -0.05) is 26.2 Å². The first-order chi connectivity index (χ1) is 6.37. The van der Waals surface area contributed by atoms with E-state index in [1.807, 2.05) is 11.3 Å². The number of rotatable bonds is 4. The normalized spacial score (nSPS) is 19.8. The zero-order valence-electron chi connectivity index (χ0n) is 8.31. The fourth-order valence-electron chi connectivity index (χ4n) is 2.26. The third kappa shape index (κ3) is 1.67. The van der Waals surface area contributed by atoms with Gasteiger partial charge >= 0.3 is 0 Å². The van der Waals surface area contributed by atoms with Crippen LogP contribution in [-0.2, 0) is 5.41 Å². The van der Waals surface area contributed by atoms with Crippen molar-refractivity contribution in [1.82, 2.24) is 0 Å². The zero-order valence-corrected chi connectivity index (χ0v) is 9.12. The minimum absolute atomic E-state index is 0.584.